The van der Waals surface area contributed by atoms with E-state index in [1.807, 2.05) is 24.3 Å². The number of nitrogens with zero attached hydrogens (tertiary/aromatic N) is 1. The number of hydrogen-bond acceptors (Lipinski definition) is 3. The van der Waals surface area contributed by atoms with Crippen LogP contribution < -0.4 is 10.5 Å². The highest BCUT2D eigenvalue weighted by Crippen LogP contribution is 2.19. The fourth-order valence-electron chi connectivity index (χ4n) is 2.54. The van der Waals surface area contributed by atoms with E-state index in [4.69, 9.17) is 10.5 Å². The van der Waals surface area contributed by atoms with Crippen molar-refractivity contribution in [3.63, 3.8) is 0 Å². The first-order chi connectivity index (χ1) is 8.29. The molecule has 1 aliphatic heterocycles. The minimum atomic E-state index is 0.750. The lowest BCUT2D eigenvalue weighted by molar-refractivity contribution is 0.194. The van der Waals surface area contributed by atoms with Crippen LogP contribution in [0.5, 0.6) is 5.75 Å². The highest BCUT2D eigenvalue weighted by molar-refractivity contribution is 5.43. The van der Waals surface area contributed by atoms with Crippen molar-refractivity contribution in [1.29, 1.82) is 0 Å². The lowest BCUT2D eigenvalue weighted by Crippen LogP contribution is -2.32. The van der Waals surface area contributed by atoms with E-state index < -0.39 is 0 Å². The molecule has 17 heavy (non-hydrogen) atoms. The van der Waals surface area contributed by atoms with Crippen molar-refractivity contribution >= 4 is 5.69 Å². The maximum atomic E-state index is 5.72. The minimum absolute atomic E-state index is 0.750. The Balaban J connectivity index is 1.76. The molecule has 1 aromatic carbocycles. The second-order valence-corrected chi connectivity index (χ2v) is 4.66. The summed E-state index contributed by atoms with van der Waals surface area (Å²) in [6.45, 7) is 5.26. The van der Waals surface area contributed by atoms with E-state index in [9.17, 15) is 0 Å². The van der Waals surface area contributed by atoms with Crippen molar-refractivity contribution in [1.82, 2.24) is 4.90 Å². The van der Waals surface area contributed by atoms with Crippen molar-refractivity contribution in [3.8, 4) is 5.75 Å². The van der Waals surface area contributed by atoms with Crippen LogP contribution in [0.3, 0.4) is 0 Å². The van der Waals surface area contributed by atoms with Gasteiger partial charge in [0.2, 0.25) is 0 Å². The third-order valence-corrected chi connectivity index (χ3v) is 3.48. The zero-order valence-corrected chi connectivity index (χ0v) is 10.6. The quantitative estimate of drug-likeness (QED) is 0.796. The topological polar surface area (TPSA) is 38.5 Å². The van der Waals surface area contributed by atoms with Gasteiger partial charge < -0.3 is 10.5 Å². The van der Waals surface area contributed by atoms with E-state index in [1.165, 1.54) is 25.8 Å². The molecule has 94 valence electrons. The molecule has 0 amide bonds. The molecule has 1 saturated heterocycles. The number of nitrogen functional groups attached to an aromatic ring is 1. The van der Waals surface area contributed by atoms with E-state index in [-0.39, 0.29) is 0 Å². The molecule has 2 N–H and O–H groups in total. The molecule has 3 nitrogen and oxygen atoms in total. The van der Waals surface area contributed by atoms with Crippen LogP contribution in [0.1, 0.15) is 26.2 Å². The summed E-state index contributed by atoms with van der Waals surface area (Å²) >= 11 is 0. The summed E-state index contributed by atoms with van der Waals surface area (Å²) in [5.41, 5.74) is 6.46. The van der Waals surface area contributed by atoms with Crippen molar-refractivity contribution < 1.29 is 4.74 Å². The van der Waals surface area contributed by atoms with Gasteiger partial charge in [-0.2, -0.15) is 0 Å². The molecule has 1 unspecified atom stereocenters. The number of ether oxygens (including phenoxy) is 1. The first-order valence-electron chi connectivity index (χ1n) is 6.52. The Hall–Kier alpha value is -1.22. The summed E-state index contributed by atoms with van der Waals surface area (Å²) in [4.78, 5) is 2.53. The highest BCUT2D eigenvalue weighted by atomic mass is 16.5. The summed E-state index contributed by atoms with van der Waals surface area (Å²) in [6.07, 6.45) is 3.92. The summed E-state index contributed by atoms with van der Waals surface area (Å²) in [5.74, 6) is 0.872. The molecule has 3 heteroatoms. The molecular formula is C14H22N2O. The van der Waals surface area contributed by atoms with Crippen molar-refractivity contribution in [3.05, 3.63) is 24.3 Å². The molecule has 0 saturated carbocycles. The number of anilines is 1. The van der Waals surface area contributed by atoms with Crippen LogP contribution in [-0.4, -0.2) is 30.6 Å². The first kappa shape index (κ1) is 12.2. The number of hydrogen-bond donors (Lipinski definition) is 1. The standard InChI is InChI=1S/C14H22N2O/c1-2-13-6-4-8-16(13)9-10-17-14-7-3-5-12(15)11-14/h3,5,7,11,13H,2,4,6,8-10,15H2,1H3. The Kier molecular flexibility index (Phi) is 4.26. The number of nitrogens with two attached hydrogens (primary N) is 1. The predicted molar refractivity (Wildman–Crippen MR) is 71.2 cm³/mol. The summed E-state index contributed by atoms with van der Waals surface area (Å²) in [6, 6.07) is 8.40. The summed E-state index contributed by atoms with van der Waals surface area (Å²) < 4.78 is 5.72. The Labute approximate surface area is 104 Å². The lowest BCUT2D eigenvalue weighted by Gasteiger charge is -2.23. The normalized spacial score (nSPS) is 20.6. The van der Waals surface area contributed by atoms with E-state index in [0.717, 1.165) is 30.6 Å². The minimum Gasteiger partial charge on any atom is -0.492 e. The first-order valence-corrected chi connectivity index (χ1v) is 6.52. The second-order valence-electron chi connectivity index (χ2n) is 4.66. The van der Waals surface area contributed by atoms with E-state index in [1.54, 1.807) is 0 Å². The van der Waals surface area contributed by atoms with E-state index in [0.29, 0.717) is 0 Å². The second kappa shape index (κ2) is 5.92. The lowest BCUT2D eigenvalue weighted by atomic mass is 10.2. The number of rotatable bonds is 5. The molecule has 1 aromatic rings. The zero-order valence-electron chi connectivity index (χ0n) is 10.6. The van der Waals surface area contributed by atoms with Gasteiger partial charge in [-0.05, 0) is 37.9 Å². The van der Waals surface area contributed by atoms with Crippen LogP contribution in [0.25, 0.3) is 0 Å². The van der Waals surface area contributed by atoms with Gasteiger partial charge in [-0.1, -0.05) is 13.0 Å². The molecule has 0 aliphatic carbocycles. The van der Waals surface area contributed by atoms with Crippen LogP contribution in [0.2, 0.25) is 0 Å². The fourth-order valence-corrected chi connectivity index (χ4v) is 2.54. The molecule has 1 heterocycles. The van der Waals surface area contributed by atoms with Gasteiger partial charge in [-0.25, -0.2) is 0 Å². The molecule has 1 atom stereocenters. The SMILES string of the molecule is CCC1CCCN1CCOc1cccc(N)c1. The van der Waals surface area contributed by atoms with Crippen LogP contribution >= 0.6 is 0 Å². The van der Waals surface area contributed by atoms with Gasteiger partial charge in [0.1, 0.15) is 12.4 Å². The van der Waals surface area contributed by atoms with Crippen LogP contribution in [0, 0.1) is 0 Å². The Morgan fingerprint density at radius 3 is 3.12 bits per heavy atom. The molecule has 0 spiro atoms. The Bertz CT molecular complexity index is 354. The molecule has 1 aliphatic rings. The fraction of sp³-hybridized carbons (Fsp3) is 0.571. The smallest absolute Gasteiger partial charge is 0.121 e. The molecule has 1 fully saturated rings. The van der Waals surface area contributed by atoms with Gasteiger partial charge >= 0.3 is 0 Å². The molecule has 0 radical (unpaired) electrons. The van der Waals surface area contributed by atoms with Gasteiger partial charge in [0, 0.05) is 24.3 Å². The summed E-state index contributed by atoms with van der Waals surface area (Å²) in [7, 11) is 0. The number of benzene rings is 1. The van der Waals surface area contributed by atoms with Gasteiger partial charge in [-0.15, -0.1) is 0 Å². The number of likely N-dealkylation sites (tertiary alicyclic amines) is 1. The van der Waals surface area contributed by atoms with Crippen molar-refractivity contribution in [2.75, 3.05) is 25.4 Å². The average Bonchev–Trinajstić information content (AvgIpc) is 2.77. The third-order valence-electron chi connectivity index (χ3n) is 3.48. The zero-order chi connectivity index (χ0) is 12.1. The molecular weight excluding hydrogens is 212 g/mol. The van der Waals surface area contributed by atoms with Gasteiger partial charge in [0.15, 0.2) is 0 Å². The highest BCUT2D eigenvalue weighted by Gasteiger charge is 2.21. The maximum Gasteiger partial charge on any atom is 0.121 e. The maximum absolute atomic E-state index is 5.72. The molecule has 0 bridgehead atoms. The van der Waals surface area contributed by atoms with E-state index >= 15 is 0 Å². The largest absolute Gasteiger partial charge is 0.492 e. The Morgan fingerprint density at radius 1 is 1.47 bits per heavy atom. The molecule has 0 aromatic heterocycles. The average molecular weight is 234 g/mol. The molecule has 2 rings (SSSR count). The predicted octanol–water partition coefficient (Wildman–Crippen LogP) is 2.52. The van der Waals surface area contributed by atoms with Crippen LogP contribution in [0.15, 0.2) is 24.3 Å². The Morgan fingerprint density at radius 2 is 2.35 bits per heavy atom. The van der Waals surface area contributed by atoms with Crippen molar-refractivity contribution in [2.24, 2.45) is 0 Å². The monoisotopic (exact) mass is 234 g/mol. The van der Waals surface area contributed by atoms with Crippen LogP contribution in [-0.2, 0) is 0 Å². The van der Waals surface area contributed by atoms with Crippen LogP contribution in [0.4, 0.5) is 5.69 Å². The van der Waals surface area contributed by atoms with Crippen molar-refractivity contribution in [2.45, 2.75) is 32.2 Å². The van der Waals surface area contributed by atoms with Gasteiger partial charge in [0.05, 0.1) is 0 Å². The van der Waals surface area contributed by atoms with Gasteiger partial charge in [0.25, 0.3) is 0 Å². The van der Waals surface area contributed by atoms with Gasteiger partial charge in [-0.3, -0.25) is 4.90 Å². The summed E-state index contributed by atoms with van der Waals surface area (Å²) in [5, 5.41) is 0. The van der Waals surface area contributed by atoms with E-state index in [2.05, 4.69) is 11.8 Å². The third kappa shape index (κ3) is 3.37.